The summed E-state index contributed by atoms with van der Waals surface area (Å²) >= 11 is 0. The maximum absolute atomic E-state index is 13.2. The van der Waals surface area contributed by atoms with Crippen LogP contribution in [0, 0.1) is 39.9 Å². The number of hydrogen-bond acceptors (Lipinski definition) is 1. The first-order valence-electron chi connectivity index (χ1n) is 11.1. The molecule has 3 rings (SSSR count). The van der Waals surface area contributed by atoms with Crippen LogP contribution in [0.25, 0.3) is 0 Å². The van der Waals surface area contributed by atoms with Crippen molar-refractivity contribution >= 4 is 5.78 Å². The summed E-state index contributed by atoms with van der Waals surface area (Å²) in [4.78, 5) is 13.2. The van der Waals surface area contributed by atoms with Crippen LogP contribution in [0.3, 0.4) is 0 Å². The second kappa shape index (κ2) is 6.57. The van der Waals surface area contributed by atoms with Gasteiger partial charge in [-0.15, -0.1) is 0 Å². The van der Waals surface area contributed by atoms with Gasteiger partial charge in [0.05, 0.1) is 0 Å². The lowest BCUT2D eigenvalue weighted by Crippen LogP contribution is -2.34. The average Bonchev–Trinajstić information content (AvgIpc) is 2.91. The van der Waals surface area contributed by atoms with Crippen LogP contribution in [0.5, 0.6) is 0 Å². The number of rotatable bonds is 5. The predicted molar refractivity (Wildman–Crippen MR) is 120 cm³/mol. The van der Waals surface area contributed by atoms with E-state index in [2.05, 4.69) is 60.3 Å². The zero-order valence-electron chi connectivity index (χ0n) is 19.4. The molecule has 0 radical (unpaired) electrons. The average molecular weight is 381 g/mol. The van der Waals surface area contributed by atoms with Crippen LogP contribution in [0.1, 0.15) is 74.7 Å². The normalized spacial score (nSPS) is 36.0. The van der Waals surface area contributed by atoms with Crippen molar-refractivity contribution in [2.45, 2.75) is 74.7 Å². The molecule has 0 aromatic heterocycles. The summed E-state index contributed by atoms with van der Waals surface area (Å²) in [7, 11) is 0. The first-order chi connectivity index (χ1) is 12.8. The second-order valence-corrected chi connectivity index (χ2v) is 11.3. The highest BCUT2D eigenvalue weighted by Gasteiger charge is 2.69. The van der Waals surface area contributed by atoms with Crippen molar-refractivity contribution in [3.05, 3.63) is 47.6 Å². The number of ketones is 1. The highest BCUT2D eigenvalue weighted by atomic mass is 16.1. The molecule has 0 aliphatic heterocycles. The van der Waals surface area contributed by atoms with E-state index >= 15 is 0 Å². The smallest absolute Gasteiger partial charge is 0.165 e. The topological polar surface area (TPSA) is 17.1 Å². The zero-order chi connectivity index (χ0) is 21.2. The van der Waals surface area contributed by atoms with Gasteiger partial charge in [-0.1, -0.05) is 78.0 Å². The van der Waals surface area contributed by atoms with E-state index in [9.17, 15) is 4.79 Å². The summed E-state index contributed by atoms with van der Waals surface area (Å²) < 4.78 is 0. The molecule has 3 aliphatic carbocycles. The minimum absolute atomic E-state index is 0.000530. The predicted octanol–water partition coefficient (Wildman–Crippen LogP) is 7.32. The van der Waals surface area contributed by atoms with Crippen molar-refractivity contribution in [3.63, 3.8) is 0 Å². The lowest BCUT2D eigenvalue weighted by atomic mass is 9.60. The lowest BCUT2D eigenvalue weighted by Gasteiger charge is -2.43. The third-order valence-electron chi connectivity index (χ3n) is 8.48. The Hall–Kier alpha value is -1.37. The van der Waals surface area contributed by atoms with Gasteiger partial charge in [-0.05, 0) is 61.9 Å². The van der Waals surface area contributed by atoms with E-state index in [0.717, 1.165) is 30.4 Å². The van der Waals surface area contributed by atoms with E-state index in [1.807, 2.05) is 13.8 Å². The second-order valence-electron chi connectivity index (χ2n) is 11.3. The maximum atomic E-state index is 13.2. The Morgan fingerprint density at radius 1 is 1.18 bits per heavy atom. The molecule has 0 aromatic carbocycles. The van der Waals surface area contributed by atoms with Crippen molar-refractivity contribution in [3.8, 4) is 0 Å². The monoisotopic (exact) mass is 380 g/mol. The molecule has 1 heteroatoms. The standard InChI is InChI=1S/C27H40O/c1-16(2)11-12-26-15-23-25(9,10)22(17(3)4)14-27(23,20(26)8)13-21(19(26)7)24(28)18(5)6/h11,13,17-18,22-23H,7-8,12,14-15H2,1-6,9-10H3/t22?,23?,26?,27-/m1/s1. The summed E-state index contributed by atoms with van der Waals surface area (Å²) in [5.74, 6) is 2.07. The quantitative estimate of drug-likeness (QED) is 0.457. The third-order valence-corrected chi connectivity index (χ3v) is 8.48. The molecule has 0 aromatic rings. The van der Waals surface area contributed by atoms with Gasteiger partial charge in [0.15, 0.2) is 5.78 Å². The largest absolute Gasteiger partial charge is 0.294 e. The van der Waals surface area contributed by atoms with Crippen LogP contribution in [-0.4, -0.2) is 5.78 Å². The molecular formula is C27H40O. The highest BCUT2D eigenvalue weighted by Crippen LogP contribution is 2.77. The van der Waals surface area contributed by atoms with Crippen LogP contribution in [0.2, 0.25) is 0 Å². The molecular weight excluding hydrogens is 340 g/mol. The Bertz CT molecular complexity index is 783. The van der Waals surface area contributed by atoms with Gasteiger partial charge in [-0.3, -0.25) is 4.79 Å². The van der Waals surface area contributed by atoms with Gasteiger partial charge in [0, 0.05) is 22.3 Å². The molecule has 2 bridgehead atoms. The number of hydrogen-bond donors (Lipinski definition) is 0. The molecule has 0 heterocycles. The van der Waals surface area contributed by atoms with E-state index < -0.39 is 0 Å². The fraction of sp³-hybridized carbons (Fsp3) is 0.667. The van der Waals surface area contributed by atoms with Crippen LogP contribution >= 0.6 is 0 Å². The van der Waals surface area contributed by atoms with E-state index in [0.29, 0.717) is 17.8 Å². The fourth-order valence-electron chi connectivity index (χ4n) is 6.88. The third kappa shape index (κ3) is 2.68. The van der Waals surface area contributed by atoms with Crippen molar-refractivity contribution in [2.24, 2.45) is 39.9 Å². The van der Waals surface area contributed by atoms with Gasteiger partial charge in [0.2, 0.25) is 0 Å². The highest BCUT2D eigenvalue weighted by molar-refractivity contribution is 6.02. The molecule has 2 fully saturated rings. The molecule has 0 saturated heterocycles. The Morgan fingerprint density at radius 2 is 1.79 bits per heavy atom. The Balaban J connectivity index is 2.23. The van der Waals surface area contributed by atoms with Crippen molar-refractivity contribution in [2.75, 3.05) is 0 Å². The number of allylic oxidation sites excluding steroid dienone is 6. The minimum atomic E-state index is -0.157. The Morgan fingerprint density at radius 3 is 2.29 bits per heavy atom. The van der Waals surface area contributed by atoms with Crippen molar-refractivity contribution < 1.29 is 4.79 Å². The van der Waals surface area contributed by atoms with Gasteiger partial charge in [0.25, 0.3) is 0 Å². The van der Waals surface area contributed by atoms with Crippen molar-refractivity contribution in [1.29, 1.82) is 0 Å². The Kier molecular flexibility index (Phi) is 5.01. The molecule has 3 aliphatic rings. The Labute approximate surface area is 173 Å². The lowest BCUT2D eigenvalue weighted by molar-refractivity contribution is -0.118. The minimum Gasteiger partial charge on any atom is -0.294 e. The van der Waals surface area contributed by atoms with Crippen LogP contribution < -0.4 is 0 Å². The van der Waals surface area contributed by atoms with E-state index in [1.54, 1.807) is 0 Å². The van der Waals surface area contributed by atoms with Crippen LogP contribution in [-0.2, 0) is 4.79 Å². The first kappa shape index (κ1) is 21.3. The van der Waals surface area contributed by atoms with Gasteiger partial charge >= 0.3 is 0 Å². The summed E-state index contributed by atoms with van der Waals surface area (Å²) in [6, 6.07) is 0. The summed E-state index contributed by atoms with van der Waals surface area (Å²) in [5, 5.41) is 0. The fourth-order valence-corrected chi connectivity index (χ4v) is 6.88. The molecule has 1 nitrogen and oxygen atoms in total. The molecule has 28 heavy (non-hydrogen) atoms. The number of carbonyl (C=O) groups excluding carboxylic acids is 1. The molecule has 4 atom stereocenters. The molecule has 0 amide bonds. The molecule has 3 unspecified atom stereocenters. The van der Waals surface area contributed by atoms with Gasteiger partial charge < -0.3 is 0 Å². The van der Waals surface area contributed by atoms with E-state index in [-0.39, 0.29) is 27.9 Å². The molecule has 154 valence electrons. The van der Waals surface area contributed by atoms with Gasteiger partial charge in [-0.2, -0.15) is 0 Å². The molecule has 1 spiro atoms. The van der Waals surface area contributed by atoms with E-state index in [4.69, 9.17) is 6.58 Å². The maximum Gasteiger partial charge on any atom is 0.165 e. The van der Waals surface area contributed by atoms with E-state index in [1.165, 1.54) is 11.1 Å². The molecule has 0 N–H and O–H groups in total. The number of Topliss-reactive ketones (excluding diaryl/α,β-unsaturated/α-hetero) is 1. The summed E-state index contributed by atoms with van der Waals surface area (Å²) in [6.07, 6.45) is 7.80. The number of carbonyl (C=O) groups is 1. The molecule has 2 saturated carbocycles. The SMILES string of the molecule is C=C1C(C(=O)C(C)C)=C[C@]23CC(C(C)C)C(C)(C)C2CC1(CC=C(C)C)C3=C. The summed E-state index contributed by atoms with van der Waals surface area (Å²) in [5.41, 5.74) is 4.63. The van der Waals surface area contributed by atoms with Crippen LogP contribution in [0.15, 0.2) is 47.6 Å². The van der Waals surface area contributed by atoms with Crippen LogP contribution in [0.4, 0.5) is 0 Å². The number of fused-ring (bicyclic) bond motifs is 1. The van der Waals surface area contributed by atoms with Gasteiger partial charge in [-0.25, -0.2) is 0 Å². The van der Waals surface area contributed by atoms with Gasteiger partial charge in [0.1, 0.15) is 0 Å². The zero-order valence-corrected chi connectivity index (χ0v) is 19.4. The first-order valence-corrected chi connectivity index (χ1v) is 11.1. The summed E-state index contributed by atoms with van der Waals surface area (Å²) in [6.45, 7) is 27.2. The van der Waals surface area contributed by atoms with Crippen molar-refractivity contribution in [1.82, 2.24) is 0 Å².